The van der Waals surface area contributed by atoms with Gasteiger partial charge in [0.15, 0.2) is 0 Å². The van der Waals surface area contributed by atoms with E-state index >= 15 is 0 Å². The van der Waals surface area contributed by atoms with E-state index < -0.39 is 15.8 Å². The van der Waals surface area contributed by atoms with E-state index in [1.807, 2.05) is 0 Å². The number of nitrogens with two attached hydrogens (primary N) is 1. The molecule has 20 heavy (non-hydrogen) atoms. The summed E-state index contributed by atoms with van der Waals surface area (Å²) in [5.41, 5.74) is 6.18. The molecule has 0 aromatic heterocycles. The van der Waals surface area contributed by atoms with Crippen LogP contribution in [0.4, 0.5) is 4.39 Å². The van der Waals surface area contributed by atoms with Gasteiger partial charge in [0.1, 0.15) is 5.82 Å². The number of hydrogen-bond donors (Lipinski definition) is 1. The molecule has 1 aromatic rings. The van der Waals surface area contributed by atoms with Crippen LogP contribution in [0.15, 0.2) is 17.0 Å². The topological polar surface area (TPSA) is 63.4 Å². The molecule has 1 heterocycles. The van der Waals surface area contributed by atoms with Gasteiger partial charge in [0.05, 0.1) is 4.90 Å². The monoisotopic (exact) mass is 300 g/mol. The molecule has 0 atom stereocenters. The number of hydrogen-bond acceptors (Lipinski definition) is 3. The molecule has 6 heteroatoms. The minimum absolute atomic E-state index is 0.0554. The molecule has 1 saturated heterocycles. The number of nitrogens with zero attached hydrogens (tertiary/aromatic N) is 1. The third kappa shape index (κ3) is 3.02. The third-order valence-corrected chi connectivity index (χ3v) is 5.80. The van der Waals surface area contributed by atoms with Gasteiger partial charge in [-0.1, -0.05) is 12.8 Å². The molecule has 0 saturated carbocycles. The van der Waals surface area contributed by atoms with Crippen LogP contribution in [0.25, 0.3) is 0 Å². The van der Waals surface area contributed by atoms with E-state index in [4.69, 9.17) is 5.73 Å². The molecule has 2 N–H and O–H groups in total. The van der Waals surface area contributed by atoms with Crippen molar-refractivity contribution in [3.63, 3.8) is 0 Å². The molecule has 0 unspecified atom stereocenters. The Morgan fingerprint density at radius 2 is 1.80 bits per heavy atom. The fraction of sp³-hybridized carbons (Fsp3) is 0.571. The fourth-order valence-corrected chi connectivity index (χ4v) is 4.32. The minimum Gasteiger partial charge on any atom is -0.326 e. The van der Waals surface area contributed by atoms with E-state index in [1.54, 1.807) is 0 Å². The van der Waals surface area contributed by atoms with Crippen molar-refractivity contribution in [2.75, 3.05) is 13.1 Å². The zero-order valence-corrected chi connectivity index (χ0v) is 12.5. The van der Waals surface area contributed by atoms with Crippen molar-refractivity contribution in [1.29, 1.82) is 0 Å². The molecule has 0 radical (unpaired) electrons. The number of benzene rings is 1. The molecule has 0 aliphatic carbocycles. The second kappa shape index (κ2) is 6.20. The van der Waals surface area contributed by atoms with Crippen LogP contribution in [0.1, 0.15) is 36.8 Å². The van der Waals surface area contributed by atoms with E-state index in [9.17, 15) is 12.8 Å². The summed E-state index contributed by atoms with van der Waals surface area (Å²) in [5.74, 6) is -0.513. The van der Waals surface area contributed by atoms with Crippen LogP contribution in [0, 0.1) is 12.7 Å². The average molecular weight is 300 g/mol. The highest BCUT2D eigenvalue weighted by molar-refractivity contribution is 7.89. The Bertz CT molecular complexity index is 579. The van der Waals surface area contributed by atoms with Crippen LogP contribution < -0.4 is 5.73 Å². The van der Waals surface area contributed by atoms with Gasteiger partial charge in [0, 0.05) is 25.2 Å². The summed E-state index contributed by atoms with van der Waals surface area (Å²) in [4.78, 5) is 0.0554. The SMILES string of the molecule is Cc1c(F)cc(CN)cc1S(=O)(=O)N1CCCCCC1. The van der Waals surface area contributed by atoms with Gasteiger partial charge in [-0.05, 0) is 37.5 Å². The van der Waals surface area contributed by atoms with E-state index in [-0.39, 0.29) is 17.0 Å². The first-order chi connectivity index (χ1) is 9.46. The summed E-state index contributed by atoms with van der Waals surface area (Å²) in [6.45, 7) is 2.65. The Hall–Kier alpha value is -0.980. The van der Waals surface area contributed by atoms with Crippen LogP contribution in [0.3, 0.4) is 0 Å². The van der Waals surface area contributed by atoms with Gasteiger partial charge in [0.25, 0.3) is 0 Å². The number of rotatable bonds is 3. The van der Waals surface area contributed by atoms with Gasteiger partial charge in [-0.3, -0.25) is 0 Å². The first-order valence-electron chi connectivity index (χ1n) is 6.96. The molecule has 0 spiro atoms. The maximum atomic E-state index is 13.9. The molecule has 112 valence electrons. The molecular formula is C14H21FN2O2S. The highest BCUT2D eigenvalue weighted by Gasteiger charge is 2.28. The van der Waals surface area contributed by atoms with Crippen molar-refractivity contribution in [2.45, 2.75) is 44.0 Å². The summed E-state index contributed by atoms with van der Waals surface area (Å²) in [7, 11) is -3.63. The first-order valence-corrected chi connectivity index (χ1v) is 8.40. The number of sulfonamides is 1. The van der Waals surface area contributed by atoms with Crippen LogP contribution in [0.2, 0.25) is 0 Å². The second-order valence-electron chi connectivity index (χ2n) is 5.22. The van der Waals surface area contributed by atoms with Crippen molar-refractivity contribution >= 4 is 10.0 Å². The smallest absolute Gasteiger partial charge is 0.243 e. The largest absolute Gasteiger partial charge is 0.326 e. The quantitative estimate of drug-likeness (QED) is 0.930. The molecule has 1 fully saturated rings. The molecule has 0 bridgehead atoms. The Labute approximate surface area is 119 Å². The van der Waals surface area contributed by atoms with E-state index in [2.05, 4.69) is 0 Å². The van der Waals surface area contributed by atoms with Gasteiger partial charge in [-0.25, -0.2) is 12.8 Å². The van der Waals surface area contributed by atoms with Crippen molar-refractivity contribution in [1.82, 2.24) is 4.31 Å². The van der Waals surface area contributed by atoms with Gasteiger partial charge >= 0.3 is 0 Å². The molecule has 1 aromatic carbocycles. The standard InChI is InChI=1S/C14H21FN2O2S/c1-11-13(15)8-12(10-16)9-14(11)20(18,19)17-6-4-2-3-5-7-17/h8-9H,2-7,10,16H2,1H3. The maximum absolute atomic E-state index is 13.9. The first kappa shape index (κ1) is 15.4. The lowest BCUT2D eigenvalue weighted by atomic mass is 10.1. The summed E-state index contributed by atoms with van der Waals surface area (Å²) >= 11 is 0. The summed E-state index contributed by atoms with van der Waals surface area (Å²) < 4.78 is 40.7. The van der Waals surface area contributed by atoms with E-state index in [0.717, 1.165) is 25.7 Å². The highest BCUT2D eigenvalue weighted by Crippen LogP contribution is 2.25. The minimum atomic E-state index is -3.63. The molecule has 0 amide bonds. The summed E-state index contributed by atoms with van der Waals surface area (Å²) in [6.07, 6.45) is 3.80. The second-order valence-corrected chi connectivity index (χ2v) is 7.13. The highest BCUT2D eigenvalue weighted by atomic mass is 32.2. The van der Waals surface area contributed by atoms with Gasteiger partial charge in [-0.2, -0.15) is 4.31 Å². The lowest BCUT2D eigenvalue weighted by Gasteiger charge is -2.21. The van der Waals surface area contributed by atoms with Gasteiger partial charge < -0.3 is 5.73 Å². The predicted octanol–water partition coefficient (Wildman–Crippen LogP) is 2.16. The summed E-state index contributed by atoms with van der Waals surface area (Å²) in [5, 5.41) is 0. The molecule has 2 rings (SSSR count). The van der Waals surface area contributed by atoms with Crippen molar-refractivity contribution < 1.29 is 12.8 Å². The molecule has 1 aliphatic heterocycles. The van der Waals surface area contributed by atoms with Crippen LogP contribution in [-0.2, 0) is 16.6 Å². The Kier molecular flexibility index (Phi) is 4.78. The lowest BCUT2D eigenvalue weighted by Crippen LogP contribution is -2.32. The fourth-order valence-electron chi connectivity index (χ4n) is 2.51. The Morgan fingerprint density at radius 3 is 2.35 bits per heavy atom. The van der Waals surface area contributed by atoms with E-state index in [1.165, 1.54) is 23.4 Å². The van der Waals surface area contributed by atoms with Gasteiger partial charge in [0.2, 0.25) is 10.0 Å². The van der Waals surface area contributed by atoms with Crippen LogP contribution >= 0.6 is 0 Å². The van der Waals surface area contributed by atoms with Crippen LogP contribution in [0.5, 0.6) is 0 Å². The number of halogens is 1. The average Bonchev–Trinajstić information content (AvgIpc) is 2.70. The molecular weight excluding hydrogens is 279 g/mol. The van der Waals surface area contributed by atoms with Gasteiger partial charge in [-0.15, -0.1) is 0 Å². The van der Waals surface area contributed by atoms with Crippen molar-refractivity contribution in [3.05, 3.63) is 29.1 Å². The third-order valence-electron chi connectivity index (χ3n) is 3.78. The zero-order valence-electron chi connectivity index (χ0n) is 11.7. The zero-order chi connectivity index (χ0) is 14.8. The van der Waals surface area contributed by atoms with Crippen molar-refractivity contribution in [3.8, 4) is 0 Å². The normalized spacial score (nSPS) is 17.9. The maximum Gasteiger partial charge on any atom is 0.243 e. The van der Waals surface area contributed by atoms with Crippen molar-refractivity contribution in [2.24, 2.45) is 5.73 Å². The molecule has 1 aliphatic rings. The Morgan fingerprint density at radius 1 is 1.20 bits per heavy atom. The lowest BCUT2D eigenvalue weighted by molar-refractivity contribution is 0.422. The summed E-state index contributed by atoms with van der Waals surface area (Å²) in [6, 6.07) is 2.80. The van der Waals surface area contributed by atoms with E-state index in [0.29, 0.717) is 18.7 Å². The predicted molar refractivity (Wildman–Crippen MR) is 76.3 cm³/mol. The van der Waals surface area contributed by atoms with Crippen LogP contribution in [-0.4, -0.2) is 25.8 Å². The Balaban J connectivity index is 2.45. The molecule has 4 nitrogen and oxygen atoms in total.